The Labute approximate surface area is 146 Å². The summed E-state index contributed by atoms with van der Waals surface area (Å²) in [6, 6.07) is 13.7. The van der Waals surface area contributed by atoms with Gasteiger partial charge in [0.15, 0.2) is 5.58 Å². The lowest BCUT2D eigenvalue weighted by Gasteiger charge is -2.22. The Morgan fingerprint density at radius 1 is 1.12 bits per heavy atom. The molecule has 0 bridgehead atoms. The molecule has 1 heterocycles. The molecular weight excluding hydrogens is 320 g/mol. The standard InChI is InChI=1S/C19H20N2O2S/c1-13-7-6-8-14(2)18(13)20(3)17(22)11-12-21-15-9-4-5-10-16(15)23-19(21)24/h4-10H,11-12H2,1-3H3. The van der Waals surface area contributed by atoms with Gasteiger partial charge >= 0.3 is 0 Å². The predicted octanol–water partition coefficient (Wildman–Crippen LogP) is 4.63. The van der Waals surface area contributed by atoms with Gasteiger partial charge in [-0.15, -0.1) is 0 Å². The molecule has 0 saturated heterocycles. The first-order valence-corrected chi connectivity index (χ1v) is 8.31. The molecule has 124 valence electrons. The van der Waals surface area contributed by atoms with Gasteiger partial charge < -0.3 is 9.32 Å². The number of amides is 1. The van der Waals surface area contributed by atoms with Crippen molar-refractivity contribution in [1.29, 1.82) is 0 Å². The third-order valence-electron chi connectivity index (χ3n) is 4.27. The Morgan fingerprint density at radius 2 is 1.79 bits per heavy atom. The van der Waals surface area contributed by atoms with Crippen LogP contribution in [-0.4, -0.2) is 17.5 Å². The van der Waals surface area contributed by atoms with Gasteiger partial charge in [0.05, 0.1) is 5.52 Å². The zero-order valence-corrected chi connectivity index (χ0v) is 14.9. The molecule has 4 nitrogen and oxygen atoms in total. The molecule has 0 N–H and O–H groups in total. The number of aryl methyl sites for hydroxylation is 3. The molecule has 0 spiro atoms. The highest BCUT2D eigenvalue weighted by Crippen LogP contribution is 2.24. The van der Waals surface area contributed by atoms with E-state index in [-0.39, 0.29) is 5.91 Å². The minimum Gasteiger partial charge on any atom is -0.429 e. The number of para-hydroxylation sites is 3. The highest BCUT2D eigenvalue weighted by Gasteiger charge is 2.16. The normalized spacial score (nSPS) is 11.0. The monoisotopic (exact) mass is 340 g/mol. The minimum absolute atomic E-state index is 0.0552. The number of carbonyl (C=O) groups excluding carboxylic acids is 1. The third kappa shape index (κ3) is 2.99. The molecule has 3 aromatic rings. The number of benzene rings is 2. The van der Waals surface area contributed by atoms with Crippen molar-refractivity contribution in [2.24, 2.45) is 0 Å². The molecule has 24 heavy (non-hydrogen) atoms. The molecule has 5 heteroatoms. The molecule has 0 aliphatic heterocycles. The van der Waals surface area contributed by atoms with E-state index in [4.69, 9.17) is 16.6 Å². The van der Waals surface area contributed by atoms with Gasteiger partial charge in [-0.05, 0) is 49.3 Å². The first kappa shape index (κ1) is 16.5. The Bertz CT molecular complexity index is 935. The molecule has 0 saturated carbocycles. The van der Waals surface area contributed by atoms with Crippen LogP contribution in [0.1, 0.15) is 17.5 Å². The van der Waals surface area contributed by atoms with E-state index in [1.807, 2.05) is 67.9 Å². The summed E-state index contributed by atoms with van der Waals surface area (Å²) in [4.78, 5) is 14.8. The van der Waals surface area contributed by atoms with Crippen molar-refractivity contribution in [1.82, 2.24) is 4.57 Å². The van der Waals surface area contributed by atoms with Gasteiger partial charge in [0.1, 0.15) is 0 Å². The molecule has 1 aromatic heterocycles. The number of oxazole rings is 1. The first-order valence-electron chi connectivity index (χ1n) is 7.90. The van der Waals surface area contributed by atoms with E-state index in [0.717, 1.165) is 27.9 Å². The molecular formula is C19H20N2O2S. The van der Waals surface area contributed by atoms with Gasteiger partial charge in [0.25, 0.3) is 4.84 Å². The van der Waals surface area contributed by atoms with Crippen LogP contribution in [0.25, 0.3) is 11.1 Å². The lowest BCUT2D eigenvalue weighted by atomic mass is 10.1. The second kappa shape index (κ2) is 6.61. The summed E-state index contributed by atoms with van der Waals surface area (Å²) in [6.45, 7) is 4.54. The number of nitrogens with zero attached hydrogens (tertiary/aromatic N) is 2. The molecule has 0 radical (unpaired) electrons. The Hall–Kier alpha value is -2.40. The zero-order chi connectivity index (χ0) is 17.3. The average Bonchev–Trinajstić information content (AvgIpc) is 2.87. The average molecular weight is 340 g/mol. The summed E-state index contributed by atoms with van der Waals surface area (Å²) < 4.78 is 7.44. The molecule has 1 amide bonds. The summed E-state index contributed by atoms with van der Waals surface area (Å²) in [6.07, 6.45) is 0.363. The topological polar surface area (TPSA) is 38.4 Å². The minimum atomic E-state index is 0.0552. The summed E-state index contributed by atoms with van der Waals surface area (Å²) in [7, 11) is 1.82. The molecule has 0 fully saturated rings. The Kier molecular flexibility index (Phi) is 4.53. The summed E-state index contributed by atoms with van der Waals surface area (Å²) in [5, 5.41) is 0. The maximum absolute atomic E-state index is 12.6. The van der Waals surface area contributed by atoms with Gasteiger partial charge in [-0.25, -0.2) is 0 Å². The third-order valence-corrected chi connectivity index (χ3v) is 4.58. The quantitative estimate of drug-likeness (QED) is 0.650. The zero-order valence-electron chi connectivity index (χ0n) is 14.1. The van der Waals surface area contributed by atoms with Crippen LogP contribution in [0.4, 0.5) is 5.69 Å². The molecule has 2 aromatic carbocycles. The van der Waals surface area contributed by atoms with Gasteiger partial charge in [-0.3, -0.25) is 9.36 Å². The summed E-state index contributed by atoms with van der Waals surface area (Å²) >= 11 is 5.28. The molecule has 0 aliphatic rings. The first-order chi connectivity index (χ1) is 11.5. The van der Waals surface area contributed by atoms with Gasteiger partial charge in [-0.2, -0.15) is 0 Å². The SMILES string of the molecule is Cc1cccc(C)c1N(C)C(=O)CCn1c(=S)oc2ccccc21. The summed E-state index contributed by atoms with van der Waals surface area (Å²) in [5.41, 5.74) is 4.83. The van der Waals surface area contributed by atoms with E-state index in [1.165, 1.54) is 0 Å². The lowest BCUT2D eigenvalue weighted by Crippen LogP contribution is -2.28. The van der Waals surface area contributed by atoms with E-state index < -0.39 is 0 Å². The molecule has 0 aliphatic carbocycles. The van der Waals surface area contributed by atoms with E-state index in [2.05, 4.69) is 0 Å². The van der Waals surface area contributed by atoms with Crippen molar-refractivity contribution in [2.45, 2.75) is 26.8 Å². The number of hydrogen-bond acceptors (Lipinski definition) is 3. The maximum atomic E-state index is 12.6. The van der Waals surface area contributed by atoms with Crippen LogP contribution in [0, 0.1) is 18.7 Å². The number of hydrogen-bond donors (Lipinski definition) is 0. The second-order valence-electron chi connectivity index (χ2n) is 5.93. The van der Waals surface area contributed by atoms with Gasteiger partial charge in [0.2, 0.25) is 5.91 Å². The molecule has 0 atom stereocenters. The van der Waals surface area contributed by atoms with Crippen LogP contribution in [0.3, 0.4) is 0 Å². The van der Waals surface area contributed by atoms with Crippen molar-refractivity contribution in [3.63, 3.8) is 0 Å². The van der Waals surface area contributed by atoms with Crippen molar-refractivity contribution < 1.29 is 9.21 Å². The van der Waals surface area contributed by atoms with Crippen LogP contribution in [0.5, 0.6) is 0 Å². The highest BCUT2D eigenvalue weighted by atomic mass is 32.1. The fraction of sp³-hybridized carbons (Fsp3) is 0.263. The smallest absolute Gasteiger partial charge is 0.269 e. The Balaban J connectivity index is 1.80. The van der Waals surface area contributed by atoms with Crippen molar-refractivity contribution >= 4 is 34.9 Å². The fourth-order valence-electron chi connectivity index (χ4n) is 3.06. The predicted molar refractivity (Wildman–Crippen MR) is 99.0 cm³/mol. The highest BCUT2D eigenvalue weighted by molar-refractivity contribution is 7.71. The van der Waals surface area contributed by atoms with E-state index in [1.54, 1.807) is 4.90 Å². The van der Waals surface area contributed by atoms with E-state index in [0.29, 0.717) is 17.8 Å². The largest absolute Gasteiger partial charge is 0.429 e. The van der Waals surface area contributed by atoms with Crippen LogP contribution in [-0.2, 0) is 11.3 Å². The number of rotatable bonds is 4. The van der Waals surface area contributed by atoms with Crippen LogP contribution in [0.15, 0.2) is 46.9 Å². The van der Waals surface area contributed by atoms with Gasteiger partial charge in [-0.1, -0.05) is 30.3 Å². The lowest BCUT2D eigenvalue weighted by molar-refractivity contribution is -0.118. The van der Waals surface area contributed by atoms with Crippen LogP contribution >= 0.6 is 12.2 Å². The molecule has 3 rings (SSSR count). The number of anilines is 1. The maximum Gasteiger partial charge on any atom is 0.269 e. The van der Waals surface area contributed by atoms with Crippen molar-refractivity contribution in [3.8, 4) is 0 Å². The number of aromatic nitrogens is 1. The fourth-order valence-corrected chi connectivity index (χ4v) is 3.34. The van der Waals surface area contributed by atoms with Crippen LogP contribution < -0.4 is 4.90 Å². The van der Waals surface area contributed by atoms with Crippen molar-refractivity contribution in [2.75, 3.05) is 11.9 Å². The number of fused-ring (bicyclic) bond motifs is 1. The van der Waals surface area contributed by atoms with Crippen LogP contribution in [0.2, 0.25) is 0 Å². The van der Waals surface area contributed by atoms with Gasteiger partial charge in [0, 0.05) is 25.7 Å². The Morgan fingerprint density at radius 3 is 2.50 bits per heavy atom. The molecule has 0 unspecified atom stereocenters. The number of carbonyl (C=O) groups is 1. The summed E-state index contributed by atoms with van der Waals surface area (Å²) in [5.74, 6) is 0.0552. The van der Waals surface area contributed by atoms with E-state index >= 15 is 0 Å². The second-order valence-corrected chi connectivity index (χ2v) is 6.28. The van der Waals surface area contributed by atoms with Crippen molar-refractivity contribution in [3.05, 3.63) is 58.4 Å². The van der Waals surface area contributed by atoms with E-state index in [9.17, 15) is 4.79 Å².